The van der Waals surface area contributed by atoms with Gasteiger partial charge < -0.3 is 0 Å². The number of hydrogen-bond acceptors (Lipinski definition) is 2. The highest BCUT2D eigenvalue weighted by molar-refractivity contribution is 14.1. The first kappa shape index (κ1) is 10.9. The van der Waals surface area contributed by atoms with Crippen LogP contribution in [0.15, 0.2) is 22.7 Å². The molecule has 0 unspecified atom stereocenters. The van der Waals surface area contributed by atoms with Crippen molar-refractivity contribution in [3.8, 4) is 0 Å². The maximum atomic E-state index is 11.3. The summed E-state index contributed by atoms with van der Waals surface area (Å²) in [5, 5.41) is 0. The standard InChI is InChI=1S/C8H7BrINO2/c1-13-11-8(12)6-4-5(10)2-3-7(6)9/h2-4H,1H3,(H,11,12). The lowest BCUT2D eigenvalue weighted by atomic mass is 10.2. The zero-order chi connectivity index (χ0) is 9.84. The Kier molecular flexibility index (Phi) is 4.14. The van der Waals surface area contributed by atoms with Gasteiger partial charge in [-0.1, -0.05) is 0 Å². The third kappa shape index (κ3) is 2.92. The molecule has 1 aromatic carbocycles. The minimum atomic E-state index is -0.257. The number of carbonyl (C=O) groups excluding carboxylic acids is 1. The van der Waals surface area contributed by atoms with E-state index in [1.54, 1.807) is 6.07 Å². The van der Waals surface area contributed by atoms with Crippen molar-refractivity contribution in [3.63, 3.8) is 0 Å². The van der Waals surface area contributed by atoms with Gasteiger partial charge in [-0.3, -0.25) is 9.63 Å². The summed E-state index contributed by atoms with van der Waals surface area (Å²) in [7, 11) is 1.40. The van der Waals surface area contributed by atoms with Gasteiger partial charge in [0, 0.05) is 8.04 Å². The quantitative estimate of drug-likeness (QED) is 0.653. The van der Waals surface area contributed by atoms with E-state index in [1.165, 1.54) is 7.11 Å². The minimum Gasteiger partial charge on any atom is -0.277 e. The second kappa shape index (κ2) is 4.92. The molecular weight excluding hydrogens is 349 g/mol. The zero-order valence-electron chi connectivity index (χ0n) is 6.80. The Morgan fingerprint density at radius 3 is 2.92 bits per heavy atom. The zero-order valence-corrected chi connectivity index (χ0v) is 10.5. The normalized spacial score (nSPS) is 9.77. The van der Waals surface area contributed by atoms with Gasteiger partial charge in [0.1, 0.15) is 0 Å². The molecule has 0 radical (unpaired) electrons. The summed E-state index contributed by atoms with van der Waals surface area (Å²) in [5.41, 5.74) is 2.82. The summed E-state index contributed by atoms with van der Waals surface area (Å²) in [4.78, 5) is 15.9. The van der Waals surface area contributed by atoms with Gasteiger partial charge in [-0.25, -0.2) is 5.48 Å². The van der Waals surface area contributed by atoms with Crippen molar-refractivity contribution in [2.24, 2.45) is 0 Å². The van der Waals surface area contributed by atoms with E-state index in [0.29, 0.717) is 5.56 Å². The third-order valence-electron chi connectivity index (χ3n) is 1.37. The van der Waals surface area contributed by atoms with Crippen LogP contribution < -0.4 is 5.48 Å². The van der Waals surface area contributed by atoms with Crippen molar-refractivity contribution in [3.05, 3.63) is 31.8 Å². The first-order valence-electron chi connectivity index (χ1n) is 3.43. The van der Waals surface area contributed by atoms with Crippen molar-refractivity contribution in [1.29, 1.82) is 0 Å². The fourth-order valence-electron chi connectivity index (χ4n) is 0.819. The lowest BCUT2D eigenvalue weighted by Gasteiger charge is -2.04. The van der Waals surface area contributed by atoms with E-state index >= 15 is 0 Å². The van der Waals surface area contributed by atoms with Crippen LogP contribution in [0.25, 0.3) is 0 Å². The highest BCUT2D eigenvalue weighted by atomic mass is 127. The lowest BCUT2D eigenvalue weighted by Crippen LogP contribution is -2.22. The largest absolute Gasteiger partial charge is 0.277 e. The van der Waals surface area contributed by atoms with Crippen molar-refractivity contribution in [2.75, 3.05) is 7.11 Å². The second-order valence-electron chi connectivity index (χ2n) is 2.26. The van der Waals surface area contributed by atoms with Gasteiger partial charge in [-0.15, -0.1) is 0 Å². The molecule has 0 saturated heterocycles. The molecule has 1 N–H and O–H groups in total. The van der Waals surface area contributed by atoms with E-state index in [9.17, 15) is 4.79 Å². The highest BCUT2D eigenvalue weighted by Gasteiger charge is 2.09. The molecule has 0 bridgehead atoms. The van der Waals surface area contributed by atoms with Crippen LogP contribution in [0, 0.1) is 3.57 Å². The maximum absolute atomic E-state index is 11.3. The Morgan fingerprint density at radius 2 is 2.31 bits per heavy atom. The predicted molar refractivity (Wildman–Crippen MR) is 61.3 cm³/mol. The molecule has 5 heteroatoms. The number of rotatable bonds is 2. The van der Waals surface area contributed by atoms with Gasteiger partial charge in [0.05, 0.1) is 12.7 Å². The molecule has 1 amide bonds. The predicted octanol–water partition coefficient (Wildman–Crippen LogP) is 2.34. The molecule has 3 nitrogen and oxygen atoms in total. The van der Waals surface area contributed by atoms with Gasteiger partial charge in [0.15, 0.2) is 0 Å². The average Bonchev–Trinajstić information content (AvgIpc) is 2.09. The van der Waals surface area contributed by atoms with Crippen LogP contribution in [0.3, 0.4) is 0 Å². The molecule has 0 heterocycles. The molecule has 0 saturated carbocycles. The molecule has 0 atom stereocenters. The van der Waals surface area contributed by atoms with Gasteiger partial charge in [0.2, 0.25) is 0 Å². The van der Waals surface area contributed by atoms with Gasteiger partial charge in [0.25, 0.3) is 5.91 Å². The van der Waals surface area contributed by atoms with Crippen LogP contribution in [0.4, 0.5) is 0 Å². The first-order valence-corrected chi connectivity index (χ1v) is 5.30. The summed E-state index contributed by atoms with van der Waals surface area (Å²) in [6, 6.07) is 5.51. The van der Waals surface area contributed by atoms with E-state index in [0.717, 1.165) is 8.04 Å². The van der Waals surface area contributed by atoms with E-state index in [1.807, 2.05) is 12.1 Å². The Labute approximate surface area is 98.1 Å². The molecule has 0 fully saturated rings. The number of hydrogen-bond donors (Lipinski definition) is 1. The summed E-state index contributed by atoms with van der Waals surface area (Å²) >= 11 is 5.42. The Balaban J connectivity index is 2.99. The number of halogens is 2. The molecule has 1 aromatic rings. The maximum Gasteiger partial charge on any atom is 0.276 e. The van der Waals surface area contributed by atoms with Crippen LogP contribution >= 0.6 is 38.5 Å². The summed E-state index contributed by atoms with van der Waals surface area (Å²) in [6.45, 7) is 0. The highest BCUT2D eigenvalue weighted by Crippen LogP contribution is 2.19. The Hall–Kier alpha value is -0.140. The first-order chi connectivity index (χ1) is 6.15. The number of hydroxylamine groups is 1. The van der Waals surface area contributed by atoms with E-state index < -0.39 is 0 Å². The monoisotopic (exact) mass is 355 g/mol. The van der Waals surface area contributed by atoms with Crippen LogP contribution in [0.1, 0.15) is 10.4 Å². The van der Waals surface area contributed by atoms with Gasteiger partial charge >= 0.3 is 0 Å². The van der Waals surface area contributed by atoms with Crippen molar-refractivity contribution in [1.82, 2.24) is 5.48 Å². The second-order valence-corrected chi connectivity index (χ2v) is 4.36. The molecule has 0 aliphatic rings. The fraction of sp³-hybridized carbons (Fsp3) is 0.125. The van der Waals surface area contributed by atoms with E-state index in [4.69, 9.17) is 0 Å². The van der Waals surface area contributed by atoms with Crippen molar-refractivity contribution < 1.29 is 9.63 Å². The molecule has 0 aromatic heterocycles. The molecular formula is C8H7BrINO2. The number of amides is 1. The van der Waals surface area contributed by atoms with Crippen LogP contribution in [-0.2, 0) is 4.84 Å². The van der Waals surface area contributed by atoms with E-state index in [-0.39, 0.29) is 5.91 Å². The Morgan fingerprint density at radius 1 is 1.62 bits per heavy atom. The lowest BCUT2D eigenvalue weighted by molar-refractivity contribution is 0.0537. The fourth-order valence-corrected chi connectivity index (χ4v) is 1.74. The molecule has 0 spiro atoms. The molecule has 70 valence electrons. The molecule has 1 rings (SSSR count). The third-order valence-corrected chi connectivity index (χ3v) is 2.73. The van der Waals surface area contributed by atoms with Gasteiger partial charge in [-0.05, 0) is 56.7 Å². The van der Waals surface area contributed by atoms with Crippen molar-refractivity contribution >= 4 is 44.4 Å². The van der Waals surface area contributed by atoms with Crippen LogP contribution in [-0.4, -0.2) is 13.0 Å². The van der Waals surface area contributed by atoms with E-state index in [2.05, 4.69) is 48.8 Å². The molecule has 0 aliphatic heterocycles. The topological polar surface area (TPSA) is 38.3 Å². The van der Waals surface area contributed by atoms with Gasteiger partial charge in [-0.2, -0.15) is 0 Å². The van der Waals surface area contributed by atoms with Crippen molar-refractivity contribution in [2.45, 2.75) is 0 Å². The van der Waals surface area contributed by atoms with Crippen LogP contribution in [0.5, 0.6) is 0 Å². The SMILES string of the molecule is CONC(=O)c1cc(I)ccc1Br. The summed E-state index contributed by atoms with van der Waals surface area (Å²) in [6.07, 6.45) is 0. The average molecular weight is 356 g/mol. The summed E-state index contributed by atoms with van der Waals surface area (Å²) in [5.74, 6) is -0.257. The molecule has 13 heavy (non-hydrogen) atoms. The van der Waals surface area contributed by atoms with Crippen LogP contribution in [0.2, 0.25) is 0 Å². The number of carbonyl (C=O) groups is 1. The smallest absolute Gasteiger partial charge is 0.276 e. The Bertz CT molecular complexity index is 330. The minimum absolute atomic E-state index is 0.257. The summed E-state index contributed by atoms with van der Waals surface area (Å²) < 4.78 is 1.75. The number of benzene rings is 1. The molecule has 0 aliphatic carbocycles. The number of nitrogens with one attached hydrogen (secondary N) is 1.